The van der Waals surface area contributed by atoms with Crippen LogP contribution >= 0.6 is 0 Å². The van der Waals surface area contributed by atoms with Crippen LogP contribution in [-0.4, -0.2) is 87.2 Å². The molecule has 1 saturated heterocycles. The SMILES string of the molecule is CC(=O)O[C@H]1C[C@@H]2C(C(=O)O)=CO[C@@H](O[C@@H]3O[C@H](CO)[C@@H](O)[C@H](O)[C@H]3O)[C@H]2[C@@H]1C. The van der Waals surface area contributed by atoms with Crippen LogP contribution < -0.4 is 0 Å². The zero-order chi connectivity index (χ0) is 21.5. The van der Waals surface area contributed by atoms with E-state index in [4.69, 9.17) is 18.9 Å². The minimum Gasteiger partial charge on any atom is -0.478 e. The van der Waals surface area contributed by atoms with Gasteiger partial charge in [0.25, 0.3) is 0 Å². The molecule has 2 fully saturated rings. The molecular formula is C18H26O11. The molecular weight excluding hydrogens is 392 g/mol. The summed E-state index contributed by atoms with van der Waals surface area (Å²) >= 11 is 0. The molecule has 0 spiro atoms. The van der Waals surface area contributed by atoms with Crippen LogP contribution in [-0.2, 0) is 28.5 Å². The van der Waals surface area contributed by atoms with Gasteiger partial charge in [0.05, 0.1) is 18.4 Å². The van der Waals surface area contributed by atoms with E-state index in [0.717, 1.165) is 6.26 Å². The van der Waals surface area contributed by atoms with Crippen molar-refractivity contribution in [1.82, 2.24) is 0 Å². The summed E-state index contributed by atoms with van der Waals surface area (Å²) in [5.41, 5.74) is 0.0187. The van der Waals surface area contributed by atoms with Crippen molar-refractivity contribution in [3.05, 3.63) is 11.8 Å². The van der Waals surface area contributed by atoms with Crippen molar-refractivity contribution in [2.24, 2.45) is 17.8 Å². The number of esters is 1. The maximum atomic E-state index is 11.6. The summed E-state index contributed by atoms with van der Waals surface area (Å²) < 4.78 is 21.8. The van der Waals surface area contributed by atoms with Gasteiger partial charge in [0.1, 0.15) is 30.5 Å². The lowest BCUT2D eigenvalue weighted by molar-refractivity contribution is -0.342. The van der Waals surface area contributed by atoms with Gasteiger partial charge in [-0.25, -0.2) is 4.79 Å². The van der Waals surface area contributed by atoms with Crippen LogP contribution in [0.1, 0.15) is 20.3 Å². The second-order valence-corrected chi connectivity index (χ2v) is 7.64. The summed E-state index contributed by atoms with van der Waals surface area (Å²) in [6.45, 7) is 2.42. The van der Waals surface area contributed by atoms with E-state index in [1.165, 1.54) is 6.92 Å². The van der Waals surface area contributed by atoms with E-state index < -0.39 is 73.5 Å². The lowest BCUT2D eigenvalue weighted by atomic mass is 9.83. The molecule has 0 bridgehead atoms. The van der Waals surface area contributed by atoms with E-state index in [1.54, 1.807) is 6.92 Å². The third kappa shape index (κ3) is 4.11. The van der Waals surface area contributed by atoms with Crippen molar-refractivity contribution in [3.63, 3.8) is 0 Å². The van der Waals surface area contributed by atoms with E-state index >= 15 is 0 Å². The molecule has 11 nitrogen and oxygen atoms in total. The molecule has 1 saturated carbocycles. The minimum absolute atomic E-state index is 0.0187. The quantitative estimate of drug-likeness (QED) is 0.323. The Morgan fingerprint density at radius 1 is 1.17 bits per heavy atom. The Labute approximate surface area is 166 Å². The molecule has 164 valence electrons. The Morgan fingerprint density at radius 2 is 1.86 bits per heavy atom. The third-order valence-corrected chi connectivity index (χ3v) is 5.87. The fourth-order valence-electron chi connectivity index (χ4n) is 4.34. The zero-order valence-electron chi connectivity index (χ0n) is 16.0. The van der Waals surface area contributed by atoms with Crippen LogP contribution in [0.4, 0.5) is 0 Å². The highest BCUT2D eigenvalue weighted by atomic mass is 16.8. The summed E-state index contributed by atoms with van der Waals surface area (Å²) in [4.78, 5) is 23.0. The molecule has 11 heteroatoms. The molecule has 5 N–H and O–H groups in total. The summed E-state index contributed by atoms with van der Waals surface area (Å²) in [7, 11) is 0. The van der Waals surface area contributed by atoms with Crippen molar-refractivity contribution >= 4 is 11.9 Å². The van der Waals surface area contributed by atoms with Crippen LogP contribution in [0.3, 0.4) is 0 Å². The van der Waals surface area contributed by atoms with E-state index in [2.05, 4.69) is 0 Å². The molecule has 0 aromatic heterocycles. The largest absolute Gasteiger partial charge is 0.478 e. The van der Waals surface area contributed by atoms with Crippen LogP contribution in [0.2, 0.25) is 0 Å². The summed E-state index contributed by atoms with van der Waals surface area (Å²) in [6, 6.07) is 0. The Kier molecular flexibility index (Phi) is 6.46. The number of carboxylic acid groups (broad SMARTS) is 1. The normalized spacial score (nSPS) is 44.4. The van der Waals surface area contributed by atoms with Crippen molar-refractivity contribution in [2.45, 2.75) is 63.4 Å². The molecule has 0 radical (unpaired) electrons. The summed E-state index contributed by atoms with van der Waals surface area (Å²) in [5.74, 6) is -3.06. The average Bonchev–Trinajstić information content (AvgIpc) is 2.98. The fraction of sp³-hybridized carbons (Fsp3) is 0.778. The van der Waals surface area contributed by atoms with Gasteiger partial charge in [-0.3, -0.25) is 4.79 Å². The molecule has 3 rings (SSSR count). The topological polar surface area (TPSA) is 172 Å². The molecule has 29 heavy (non-hydrogen) atoms. The van der Waals surface area contributed by atoms with Gasteiger partial charge < -0.3 is 44.5 Å². The maximum absolute atomic E-state index is 11.6. The van der Waals surface area contributed by atoms with Gasteiger partial charge in [-0.05, 0) is 6.42 Å². The second-order valence-electron chi connectivity index (χ2n) is 7.64. The molecule has 0 aromatic carbocycles. The highest BCUT2D eigenvalue weighted by Gasteiger charge is 2.54. The van der Waals surface area contributed by atoms with Gasteiger partial charge >= 0.3 is 11.9 Å². The molecule has 0 aromatic rings. The standard InChI is InChI=1S/C18H26O11/c1-6-10(27-7(2)20)3-8-9(16(24)25)5-26-17(12(6)8)29-18-15(23)14(22)13(21)11(4-19)28-18/h5-6,8,10-15,17-19,21-23H,3-4H2,1-2H3,(H,24,25)/t6-,8-,10+,11-,12+,13-,14+,15-,17+,18+/m1/s1. The second kappa shape index (κ2) is 8.54. The number of aliphatic hydroxyl groups is 4. The molecule has 10 atom stereocenters. The molecule has 0 unspecified atom stereocenters. The van der Waals surface area contributed by atoms with Crippen molar-refractivity contribution < 1.29 is 54.1 Å². The lowest BCUT2D eigenvalue weighted by Gasteiger charge is -2.43. The zero-order valence-corrected chi connectivity index (χ0v) is 16.0. The number of carbonyl (C=O) groups excluding carboxylic acids is 1. The van der Waals surface area contributed by atoms with Gasteiger partial charge in [0.15, 0.2) is 6.29 Å². The number of carbonyl (C=O) groups is 2. The predicted molar refractivity (Wildman–Crippen MR) is 91.8 cm³/mol. The molecule has 2 heterocycles. The van der Waals surface area contributed by atoms with Crippen molar-refractivity contribution in [3.8, 4) is 0 Å². The van der Waals surface area contributed by atoms with Gasteiger partial charge in [-0.15, -0.1) is 0 Å². The van der Waals surface area contributed by atoms with E-state index in [-0.39, 0.29) is 17.9 Å². The number of hydrogen-bond acceptors (Lipinski definition) is 10. The van der Waals surface area contributed by atoms with E-state index in [9.17, 15) is 35.1 Å². The molecule has 1 aliphatic carbocycles. The average molecular weight is 418 g/mol. The number of carboxylic acids is 1. The third-order valence-electron chi connectivity index (χ3n) is 5.87. The highest BCUT2D eigenvalue weighted by molar-refractivity contribution is 5.87. The lowest BCUT2D eigenvalue weighted by Crippen LogP contribution is -2.60. The highest BCUT2D eigenvalue weighted by Crippen LogP contribution is 2.48. The first kappa shape index (κ1) is 21.9. The first-order valence-corrected chi connectivity index (χ1v) is 9.37. The predicted octanol–water partition coefficient (Wildman–Crippen LogP) is -1.67. The smallest absolute Gasteiger partial charge is 0.334 e. The first-order chi connectivity index (χ1) is 13.6. The molecule has 0 amide bonds. The van der Waals surface area contributed by atoms with Gasteiger partial charge in [0, 0.05) is 24.7 Å². The van der Waals surface area contributed by atoms with Gasteiger partial charge in [0.2, 0.25) is 6.29 Å². The summed E-state index contributed by atoms with van der Waals surface area (Å²) in [5, 5.41) is 48.8. The molecule has 2 aliphatic heterocycles. The monoisotopic (exact) mass is 418 g/mol. The van der Waals surface area contributed by atoms with Crippen molar-refractivity contribution in [1.29, 1.82) is 0 Å². The number of aliphatic hydroxyl groups excluding tert-OH is 4. The Bertz CT molecular complexity index is 662. The fourth-order valence-corrected chi connectivity index (χ4v) is 4.34. The van der Waals surface area contributed by atoms with Crippen LogP contribution in [0.5, 0.6) is 0 Å². The number of aliphatic carboxylic acids is 1. The van der Waals surface area contributed by atoms with Crippen molar-refractivity contribution in [2.75, 3.05) is 6.61 Å². The number of fused-ring (bicyclic) bond motifs is 1. The van der Waals surface area contributed by atoms with Crippen LogP contribution in [0, 0.1) is 17.8 Å². The number of hydrogen-bond donors (Lipinski definition) is 5. The number of rotatable bonds is 5. The van der Waals surface area contributed by atoms with Crippen LogP contribution in [0.15, 0.2) is 11.8 Å². The summed E-state index contributed by atoms with van der Waals surface area (Å²) in [6.07, 6.45) is -7.66. The number of ether oxygens (including phenoxy) is 4. The minimum atomic E-state index is -1.62. The Hall–Kier alpha value is -1.76. The van der Waals surface area contributed by atoms with E-state index in [0.29, 0.717) is 0 Å². The Morgan fingerprint density at radius 3 is 2.45 bits per heavy atom. The van der Waals surface area contributed by atoms with Crippen LogP contribution in [0.25, 0.3) is 0 Å². The first-order valence-electron chi connectivity index (χ1n) is 9.37. The molecule has 3 aliphatic rings. The maximum Gasteiger partial charge on any atom is 0.334 e. The Balaban J connectivity index is 1.82. The van der Waals surface area contributed by atoms with Gasteiger partial charge in [-0.1, -0.05) is 6.92 Å². The van der Waals surface area contributed by atoms with E-state index in [1.807, 2.05) is 0 Å². The van der Waals surface area contributed by atoms with Gasteiger partial charge in [-0.2, -0.15) is 0 Å².